The number of carbonyl (C=O) groups is 1. The van der Waals surface area contributed by atoms with E-state index in [0.717, 1.165) is 0 Å². The van der Waals surface area contributed by atoms with Crippen molar-refractivity contribution in [3.8, 4) is 5.75 Å². The molecule has 23 heavy (non-hydrogen) atoms. The van der Waals surface area contributed by atoms with Crippen LogP contribution in [0.25, 0.3) is 0 Å². The number of pyridine rings is 1. The molecule has 1 rings (SSSR count). The molecular formula is C14H22N2O6P+. The van der Waals surface area contributed by atoms with Gasteiger partial charge in [-0.05, 0) is 32.3 Å². The maximum Gasteiger partial charge on any atom is 0.614 e. The molecular weight excluding hydrogens is 323 g/mol. The van der Waals surface area contributed by atoms with Gasteiger partial charge in [-0.25, -0.2) is 0 Å². The van der Waals surface area contributed by atoms with Gasteiger partial charge in [0.15, 0.2) is 0 Å². The van der Waals surface area contributed by atoms with E-state index in [1.54, 1.807) is 20.8 Å². The van der Waals surface area contributed by atoms with Crippen molar-refractivity contribution >= 4 is 14.1 Å². The molecule has 0 amide bonds. The summed E-state index contributed by atoms with van der Waals surface area (Å²) in [6.45, 7) is 6.02. The van der Waals surface area contributed by atoms with Crippen molar-refractivity contribution in [2.75, 3.05) is 0 Å². The molecule has 3 N–H and O–H groups in total. The molecule has 0 radical (unpaired) electrons. The number of aromatic nitrogens is 1. The average molecular weight is 345 g/mol. The Bertz CT molecular complexity index is 579. The lowest BCUT2D eigenvalue weighted by Gasteiger charge is -2.10. The van der Waals surface area contributed by atoms with Gasteiger partial charge in [0.05, 0.1) is 18.4 Å². The van der Waals surface area contributed by atoms with Crippen LogP contribution in [0.15, 0.2) is 6.20 Å². The number of aryl methyl sites for hydroxylation is 1. The first-order chi connectivity index (χ1) is 10.8. The van der Waals surface area contributed by atoms with E-state index in [9.17, 15) is 19.6 Å². The lowest BCUT2D eigenvalue weighted by atomic mass is 10.1. The predicted octanol–water partition coefficient (Wildman–Crippen LogP) is 1.69. The largest absolute Gasteiger partial charge is 0.614 e. The number of ether oxygens (including phenoxy) is 1. The molecule has 0 saturated heterocycles. The maximum atomic E-state index is 11.8. The fourth-order valence-electron chi connectivity index (χ4n) is 1.70. The number of esters is 1. The van der Waals surface area contributed by atoms with Crippen molar-refractivity contribution in [3.05, 3.63) is 23.0 Å². The molecule has 0 aliphatic carbocycles. The fourth-order valence-corrected chi connectivity index (χ4v) is 2.45. The normalized spacial score (nSPS) is 13.0. The maximum absolute atomic E-state index is 11.8. The third-order valence-corrected chi connectivity index (χ3v) is 3.89. The van der Waals surface area contributed by atoms with Crippen LogP contribution in [-0.2, 0) is 31.8 Å². The minimum absolute atomic E-state index is 0.120. The van der Waals surface area contributed by atoms with Crippen LogP contribution in [0.5, 0.6) is 5.75 Å². The van der Waals surface area contributed by atoms with E-state index < -0.39 is 26.8 Å². The SMILES string of the molecule is Cc1ncc(CO[P+](=O)N[C@@H](C)C(=O)OC(C)C)c(CO)c1O. The van der Waals surface area contributed by atoms with Gasteiger partial charge in [0.25, 0.3) is 0 Å². The Kier molecular flexibility index (Phi) is 7.51. The highest BCUT2D eigenvalue weighted by molar-refractivity contribution is 7.36. The van der Waals surface area contributed by atoms with Gasteiger partial charge >= 0.3 is 14.1 Å². The summed E-state index contributed by atoms with van der Waals surface area (Å²) in [5.41, 5.74) is 1.07. The second-order valence-electron chi connectivity index (χ2n) is 5.22. The Morgan fingerprint density at radius 2 is 2.09 bits per heavy atom. The molecule has 128 valence electrons. The number of carbonyl (C=O) groups excluding carboxylic acids is 1. The Morgan fingerprint density at radius 3 is 2.65 bits per heavy atom. The van der Waals surface area contributed by atoms with E-state index in [4.69, 9.17) is 9.26 Å². The van der Waals surface area contributed by atoms with Crippen LogP contribution in [0.4, 0.5) is 0 Å². The van der Waals surface area contributed by atoms with E-state index in [1.807, 2.05) is 0 Å². The summed E-state index contributed by atoms with van der Waals surface area (Å²) < 4.78 is 21.9. The number of hydrogen-bond acceptors (Lipinski definition) is 7. The van der Waals surface area contributed by atoms with Crippen molar-refractivity contribution < 1.29 is 28.8 Å². The first kappa shape index (κ1) is 19.4. The highest BCUT2D eigenvalue weighted by Crippen LogP contribution is 2.27. The minimum atomic E-state index is -2.33. The summed E-state index contributed by atoms with van der Waals surface area (Å²) in [7, 11) is -2.33. The smallest absolute Gasteiger partial charge is 0.506 e. The van der Waals surface area contributed by atoms with Gasteiger partial charge in [-0.3, -0.25) is 9.78 Å². The first-order valence-electron chi connectivity index (χ1n) is 7.10. The molecule has 0 bridgehead atoms. The van der Waals surface area contributed by atoms with Crippen molar-refractivity contribution in [2.24, 2.45) is 0 Å². The van der Waals surface area contributed by atoms with Crippen LogP contribution in [0.1, 0.15) is 37.6 Å². The Balaban J connectivity index is 2.60. The molecule has 0 fully saturated rings. The highest BCUT2D eigenvalue weighted by Gasteiger charge is 2.28. The van der Waals surface area contributed by atoms with E-state index in [2.05, 4.69) is 10.1 Å². The molecule has 9 heteroatoms. The zero-order valence-electron chi connectivity index (χ0n) is 13.6. The number of rotatable bonds is 8. The van der Waals surface area contributed by atoms with Crippen LogP contribution in [-0.4, -0.2) is 33.3 Å². The summed E-state index contributed by atoms with van der Waals surface area (Å²) in [6.07, 6.45) is 1.17. The molecule has 2 atom stereocenters. The summed E-state index contributed by atoms with van der Waals surface area (Å²) in [4.78, 5) is 15.6. The van der Waals surface area contributed by atoms with E-state index in [0.29, 0.717) is 11.3 Å². The molecule has 1 unspecified atom stereocenters. The van der Waals surface area contributed by atoms with Gasteiger partial charge in [-0.2, -0.15) is 0 Å². The van der Waals surface area contributed by atoms with Crippen LogP contribution in [0.2, 0.25) is 0 Å². The van der Waals surface area contributed by atoms with E-state index in [1.165, 1.54) is 13.1 Å². The second kappa shape index (κ2) is 8.88. The van der Waals surface area contributed by atoms with Gasteiger partial charge < -0.3 is 14.9 Å². The molecule has 0 aliphatic rings. The number of aliphatic hydroxyl groups excluding tert-OH is 1. The summed E-state index contributed by atoms with van der Waals surface area (Å²) in [5, 5.41) is 21.6. The fraction of sp³-hybridized carbons (Fsp3) is 0.571. The van der Waals surface area contributed by atoms with Gasteiger partial charge in [0.1, 0.15) is 18.4 Å². The Hall–Kier alpha value is -1.60. The Morgan fingerprint density at radius 1 is 1.43 bits per heavy atom. The standard InChI is InChI=1S/C14H21N2O6P/c1-8(2)22-14(19)10(4)16-23(20)21-7-11-5-15-9(3)13(18)12(11)6-17/h5,8,10,17H,6-7H2,1-4H3,(H-,16,18,20)/p+1/t10-/m0/s1. The number of aliphatic hydroxyl groups is 1. The monoisotopic (exact) mass is 345 g/mol. The number of nitrogens with zero attached hydrogens (tertiary/aromatic N) is 1. The summed E-state index contributed by atoms with van der Waals surface area (Å²) >= 11 is 0. The van der Waals surface area contributed by atoms with E-state index in [-0.39, 0.29) is 24.0 Å². The molecule has 1 aromatic rings. The summed E-state index contributed by atoms with van der Waals surface area (Å²) in [5.74, 6) is -0.650. The second-order valence-corrected chi connectivity index (χ2v) is 6.25. The molecule has 1 heterocycles. The van der Waals surface area contributed by atoms with Crippen LogP contribution < -0.4 is 5.09 Å². The zero-order valence-corrected chi connectivity index (χ0v) is 14.5. The van der Waals surface area contributed by atoms with Crippen molar-refractivity contribution in [1.29, 1.82) is 0 Å². The topological polar surface area (TPSA) is 118 Å². The molecule has 0 spiro atoms. The van der Waals surface area contributed by atoms with Crippen molar-refractivity contribution in [3.63, 3.8) is 0 Å². The molecule has 1 aromatic heterocycles. The number of aromatic hydroxyl groups is 1. The molecule has 8 nitrogen and oxygen atoms in total. The minimum Gasteiger partial charge on any atom is -0.506 e. The van der Waals surface area contributed by atoms with E-state index >= 15 is 0 Å². The third kappa shape index (κ3) is 5.84. The number of nitrogens with one attached hydrogen (secondary N) is 1. The Labute approximate surface area is 135 Å². The van der Waals surface area contributed by atoms with Gasteiger partial charge in [-0.15, -0.1) is 4.52 Å². The first-order valence-corrected chi connectivity index (χ1v) is 8.28. The molecule has 0 aromatic carbocycles. The average Bonchev–Trinajstić information content (AvgIpc) is 2.47. The molecule has 0 aliphatic heterocycles. The van der Waals surface area contributed by atoms with Crippen molar-refractivity contribution in [1.82, 2.24) is 10.1 Å². The van der Waals surface area contributed by atoms with Crippen LogP contribution >= 0.6 is 8.18 Å². The quantitative estimate of drug-likeness (QED) is 0.481. The number of hydrogen-bond donors (Lipinski definition) is 3. The highest BCUT2D eigenvalue weighted by atomic mass is 31.1. The van der Waals surface area contributed by atoms with Crippen molar-refractivity contribution in [2.45, 2.75) is 53.1 Å². The van der Waals surface area contributed by atoms with Gasteiger partial charge in [0, 0.05) is 17.3 Å². The lowest BCUT2D eigenvalue weighted by molar-refractivity contribution is -0.149. The van der Waals surface area contributed by atoms with Crippen LogP contribution in [0.3, 0.4) is 0 Å². The van der Waals surface area contributed by atoms with Gasteiger partial charge in [-0.1, -0.05) is 5.09 Å². The van der Waals surface area contributed by atoms with Gasteiger partial charge in [0.2, 0.25) is 0 Å². The summed E-state index contributed by atoms with van der Waals surface area (Å²) in [6, 6.07) is -0.789. The third-order valence-electron chi connectivity index (χ3n) is 2.93. The zero-order chi connectivity index (χ0) is 17.6. The predicted molar refractivity (Wildman–Crippen MR) is 82.8 cm³/mol. The lowest BCUT2D eigenvalue weighted by Crippen LogP contribution is -2.32. The molecule has 0 saturated carbocycles. The van der Waals surface area contributed by atoms with Crippen LogP contribution in [0, 0.1) is 6.92 Å².